The molecule has 7 nitrogen and oxygen atoms in total. The molecule has 1 rings (SSSR count). The topological polar surface area (TPSA) is 95.9 Å². The molecule has 0 aliphatic heterocycles. The summed E-state index contributed by atoms with van der Waals surface area (Å²) in [5, 5.41) is 11.2. The number of nitrogens with one attached hydrogen (secondary N) is 1. The lowest BCUT2D eigenvalue weighted by atomic mass is 10.2. The number of carboxylic acids is 1. The monoisotopic (exact) mass is 340 g/mol. The van der Waals surface area contributed by atoms with Gasteiger partial charge in [0.25, 0.3) is 0 Å². The predicted molar refractivity (Wildman–Crippen MR) is 87.3 cm³/mol. The zero-order valence-corrected chi connectivity index (χ0v) is 13.8. The molecule has 0 unspecified atom stereocenters. The Bertz CT molecular complexity index is 552. The number of rotatable bonds is 7. The number of carbonyl (C=O) groups excluding carboxylic acids is 2. The zero-order valence-electron chi connectivity index (χ0n) is 12.9. The molecule has 2 N–H and O–H groups in total. The zero-order chi connectivity index (χ0) is 17.4. The Morgan fingerprint density at radius 3 is 2.43 bits per heavy atom. The van der Waals surface area contributed by atoms with Crippen LogP contribution in [0.5, 0.6) is 0 Å². The number of hydrogen-bond acceptors (Lipinski definition) is 5. The highest BCUT2D eigenvalue weighted by Crippen LogP contribution is 2.05. The summed E-state index contributed by atoms with van der Waals surface area (Å²) in [7, 11) is 1.41. The number of likely N-dealkylation sites (N-methyl/N-ethyl adjacent to an activating group) is 1. The van der Waals surface area contributed by atoms with Crippen molar-refractivity contribution in [1.29, 1.82) is 0 Å². The van der Waals surface area contributed by atoms with Crippen LogP contribution in [0.3, 0.4) is 0 Å². The van der Waals surface area contributed by atoms with Crippen molar-refractivity contribution in [3.63, 3.8) is 0 Å². The fourth-order valence-corrected chi connectivity index (χ4v) is 1.88. The van der Waals surface area contributed by atoms with Crippen LogP contribution in [0.25, 0.3) is 0 Å². The molecule has 8 heteroatoms. The van der Waals surface area contributed by atoms with Gasteiger partial charge in [-0.2, -0.15) is 12.6 Å². The van der Waals surface area contributed by atoms with Crippen molar-refractivity contribution in [3.05, 3.63) is 35.9 Å². The molecular weight excluding hydrogens is 320 g/mol. The Labute approximate surface area is 140 Å². The van der Waals surface area contributed by atoms with Crippen LogP contribution in [-0.2, 0) is 20.9 Å². The molecule has 2 amide bonds. The first-order chi connectivity index (χ1) is 10.9. The van der Waals surface area contributed by atoms with Crippen LogP contribution in [0, 0.1) is 0 Å². The normalized spacial score (nSPS) is 12.8. The van der Waals surface area contributed by atoms with Gasteiger partial charge >= 0.3 is 12.1 Å². The van der Waals surface area contributed by atoms with Crippen molar-refractivity contribution in [1.82, 2.24) is 10.2 Å². The third-order valence-electron chi connectivity index (χ3n) is 3.25. The van der Waals surface area contributed by atoms with E-state index in [0.717, 1.165) is 10.5 Å². The number of carboxylic acid groups (broad SMARTS) is 1. The fourth-order valence-electron chi connectivity index (χ4n) is 1.63. The number of nitrogens with zero attached hydrogens (tertiary/aromatic N) is 1. The van der Waals surface area contributed by atoms with Gasteiger partial charge in [-0.05, 0) is 12.5 Å². The maximum atomic E-state index is 12.0. The van der Waals surface area contributed by atoms with Crippen LogP contribution in [-0.4, -0.2) is 52.9 Å². The minimum atomic E-state index is -1.19. The molecule has 2 atom stereocenters. The van der Waals surface area contributed by atoms with Gasteiger partial charge in [-0.25, -0.2) is 9.59 Å². The lowest BCUT2D eigenvalue weighted by Gasteiger charge is -2.24. The second-order valence-corrected chi connectivity index (χ2v) is 5.27. The van der Waals surface area contributed by atoms with Crippen LogP contribution >= 0.6 is 12.6 Å². The molecule has 0 fully saturated rings. The SMILES string of the molecule is C[C@@H](C(=O)N[C@@H](CS)C(=O)O)N(C)C(=O)OCc1ccccc1. The minimum Gasteiger partial charge on any atom is -0.480 e. The van der Waals surface area contributed by atoms with Gasteiger partial charge in [0.05, 0.1) is 0 Å². The van der Waals surface area contributed by atoms with Gasteiger partial charge in [0, 0.05) is 12.8 Å². The maximum Gasteiger partial charge on any atom is 0.410 e. The summed E-state index contributed by atoms with van der Waals surface area (Å²) >= 11 is 3.86. The van der Waals surface area contributed by atoms with E-state index in [2.05, 4.69) is 17.9 Å². The van der Waals surface area contributed by atoms with E-state index in [1.165, 1.54) is 14.0 Å². The van der Waals surface area contributed by atoms with Gasteiger partial charge in [0.2, 0.25) is 5.91 Å². The third kappa shape index (κ3) is 5.82. The average molecular weight is 340 g/mol. The van der Waals surface area contributed by atoms with Crippen LogP contribution in [0.4, 0.5) is 4.79 Å². The van der Waals surface area contributed by atoms with E-state index in [4.69, 9.17) is 9.84 Å². The summed E-state index contributed by atoms with van der Waals surface area (Å²) in [5.41, 5.74) is 0.826. The first kappa shape index (κ1) is 18.8. The van der Waals surface area contributed by atoms with E-state index in [9.17, 15) is 14.4 Å². The number of thiol groups is 1. The summed E-state index contributed by atoms with van der Waals surface area (Å²) in [6.45, 7) is 1.57. The Morgan fingerprint density at radius 2 is 1.91 bits per heavy atom. The van der Waals surface area contributed by atoms with Crippen LogP contribution in [0.2, 0.25) is 0 Å². The van der Waals surface area contributed by atoms with Crippen molar-refractivity contribution >= 4 is 30.6 Å². The van der Waals surface area contributed by atoms with Crippen molar-refractivity contribution in [2.45, 2.75) is 25.6 Å². The van der Waals surface area contributed by atoms with Crippen LogP contribution < -0.4 is 5.32 Å². The Balaban J connectivity index is 2.54. The molecule has 0 bridgehead atoms. The second kappa shape index (κ2) is 9.04. The summed E-state index contributed by atoms with van der Waals surface area (Å²) < 4.78 is 5.12. The van der Waals surface area contributed by atoms with Crippen LogP contribution in [0.15, 0.2) is 30.3 Å². The van der Waals surface area contributed by atoms with Gasteiger partial charge in [-0.3, -0.25) is 9.69 Å². The summed E-state index contributed by atoms with van der Waals surface area (Å²) in [5.74, 6) is -1.82. The van der Waals surface area contributed by atoms with Crippen LogP contribution in [0.1, 0.15) is 12.5 Å². The number of carbonyl (C=O) groups is 3. The quantitative estimate of drug-likeness (QED) is 0.647. The van der Waals surface area contributed by atoms with E-state index in [1.54, 1.807) is 0 Å². The van der Waals surface area contributed by atoms with E-state index >= 15 is 0 Å². The number of benzene rings is 1. The Kier molecular flexibility index (Phi) is 7.40. The minimum absolute atomic E-state index is 0.0457. The largest absolute Gasteiger partial charge is 0.480 e. The van der Waals surface area contributed by atoms with E-state index in [0.29, 0.717) is 0 Å². The molecule has 0 heterocycles. The molecule has 126 valence electrons. The highest BCUT2D eigenvalue weighted by atomic mass is 32.1. The molecule has 0 saturated carbocycles. The highest BCUT2D eigenvalue weighted by Gasteiger charge is 2.27. The molecule has 1 aromatic carbocycles. The highest BCUT2D eigenvalue weighted by molar-refractivity contribution is 7.80. The Hall–Kier alpha value is -2.22. The molecule has 0 aliphatic rings. The first-order valence-electron chi connectivity index (χ1n) is 6.94. The van der Waals surface area contributed by atoms with E-state index in [-0.39, 0.29) is 12.4 Å². The number of hydrogen-bond donors (Lipinski definition) is 3. The lowest BCUT2D eigenvalue weighted by molar-refractivity contribution is -0.141. The summed E-state index contributed by atoms with van der Waals surface area (Å²) in [6.07, 6.45) is -0.672. The maximum absolute atomic E-state index is 12.0. The second-order valence-electron chi connectivity index (χ2n) is 4.91. The van der Waals surface area contributed by atoms with Gasteiger partial charge in [-0.15, -0.1) is 0 Å². The van der Waals surface area contributed by atoms with Gasteiger partial charge in [0.15, 0.2) is 0 Å². The molecule has 0 aromatic heterocycles. The molecule has 0 saturated heterocycles. The molecule has 23 heavy (non-hydrogen) atoms. The number of aliphatic carboxylic acids is 1. The third-order valence-corrected chi connectivity index (χ3v) is 3.62. The average Bonchev–Trinajstić information content (AvgIpc) is 2.56. The molecule has 0 aliphatic carbocycles. The van der Waals surface area contributed by atoms with Gasteiger partial charge in [-0.1, -0.05) is 30.3 Å². The Morgan fingerprint density at radius 1 is 1.30 bits per heavy atom. The first-order valence-corrected chi connectivity index (χ1v) is 7.57. The van der Waals surface area contributed by atoms with E-state index < -0.39 is 30.1 Å². The van der Waals surface area contributed by atoms with Gasteiger partial charge in [0.1, 0.15) is 18.7 Å². The predicted octanol–water partition coefficient (Wildman–Crippen LogP) is 1.14. The molecular formula is C15H20N2O5S. The smallest absolute Gasteiger partial charge is 0.410 e. The van der Waals surface area contributed by atoms with Crippen molar-refractivity contribution in [2.75, 3.05) is 12.8 Å². The molecule has 0 spiro atoms. The van der Waals surface area contributed by atoms with E-state index in [1.807, 2.05) is 30.3 Å². The number of amides is 2. The lowest BCUT2D eigenvalue weighted by Crippen LogP contribution is -2.51. The fraction of sp³-hybridized carbons (Fsp3) is 0.400. The molecule has 1 aromatic rings. The van der Waals surface area contributed by atoms with Crippen molar-refractivity contribution in [2.24, 2.45) is 0 Å². The van der Waals surface area contributed by atoms with Crippen molar-refractivity contribution < 1.29 is 24.2 Å². The molecule has 0 radical (unpaired) electrons. The number of ether oxygens (including phenoxy) is 1. The summed E-state index contributed by atoms with van der Waals surface area (Å²) in [6, 6.07) is 7.14. The van der Waals surface area contributed by atoms with Crippen molar-refractivity contribution in [3.8, 4) is 0 Å². The van der Waals surface area contributed by atoms with Gasteiger partial charge < -0.3 is 15.2 Å². The standard InChI is InChI=1S/C15H20N2O5S/c1-10(13(18)16-12(9-23)14(19)20)17(2)15(21)22-8-11-6-4-3-5-7-11/h3-7,10,12,23H,8-9H2,1-2H3,(H,16,18)(H,19,20)/t10-,12-/m0/s1. The summed E-state index contributed by atoms with van der Waals surface area (Å²) in [4.78, 5) is 35.9.